The van der Waals surface area contributed by atoms with E-state index in [1.54, 1.807) is 34.1 Å². The molecule has 0 saturated carbocycles. The van der Waals surface area contributed by atoms with Gasteiger partial charge in [-0.2, -0.15) is 0 Å². The Labute approximate surface area is 172 Å². The van der Waals surface area contributed by atoms with Gasteiger partial charge in [-0.1, -0.05) is 60.7 Å². The molecule has 5 heteroatoms. The predicted molar refractivity (Wildman–Crippen MR) is 112 cm³/mol. The zero-order valence-electron chi connectivity index (χ0n) is 16.9. The molecule has 1 saturated heterocycles. The summed E-state index contributed by atoms with van der Waals surface area (Å²) >= 11 is 0. The highest BCUT2D eigenvalue weighted by Gasteiger charge is 2.28. The van der Waals surface area contributed by atoms with Crippen LogP contribution in [-0.2, 0) is 16.1 Å². The van der Waals surface area contributed by atoms with E-state index in [9.17, 15) is 14.4 Å². The number of piperidine rings is 1. The fraction of sp³-hybridized carbons (Fsp3) is 0.375. The van der Waals surface area contributed by atoms with Gasteiger partial charge in [0.15, 0.2) is 0 Å². The van der Waals surface area contributed by atoms with Gasteiger partial charge in [0, 0.05) is 38.7 Å². The number of hydrogen-bond acceptors (Lipinski definition) is 3. The molecule has 0 bridgehead atoms. The Bertz CT molecular complexity index is 828. The lowest BCUT2D eigenvalue weighted by Gasteiger charge is -2.31. The summed E-state index contributed by atoms with van der Waals surface area (Å²) in [4.78, 5) is 40.6. The molecule has 0 atom stereocenters. The summed E-state index contributed by atoms with van der Waals surface area (Å²) in [6.45, 7) is 1.78. The van der Waals surface area contributed by atoms with Crippen LogP contribution in [0.25, 0.3) is 0 Å². The lowest BCUT2D eigenvalue weighted by molar-refractivity contribution is -0.131. The number of benzene rings is 2. The number of carbonyl (C=O) groups is 3. The topological polar surface area (TPSA) is 57.7 Å². The predicted octanol–water partition coefficient (Wildman–Crippen LogP) is 3.55. The molecule has 0 radical (unpaired) electrons. The van der Waals surface area contributed by atoms with Gasteiger partial charge in [0.25, 0.3) is 5.91 Å². The molecule has 0 unspecified atom stereocenters. The molecular formula is C24H28N2O3. The molecule has 1 aliphatic rings. The van der Waals surface area contributed by atoms with Crippen LogP contribution in [-0.4, -0.2) is 47.5 Å². The van der Waals surface area contributed by atoms with Gasteiger partial charge in [0.05, 0.1) is 0 Å². The summed E-state index contributed by atoms with van der Waals surface area (Å²) < 4.78 is 0. The van der Waals surface area contributed by atoms with Crippen molar-refractivity contribution in [2.75, 3.05) is 20.1 Å². The van der Waals surface area contributed by atoms with Crippen molar-refractivity contribution in [3.63, 3.8) is 0 Å². The third-order valence-electron chi connectivity index (χ3n) is 5.59. The van der Waals surface area contributed by atoms with E-state index in [0.717, 1.165) is 24.8 Å². The number of amides is 2. The average molecular weight is 392 g/mol. The number of nitrogens with zero attached hydrogens (tertiary/aromatic N) is 2. The van der Waals surface area contributed by atoms with Crippen LogP contribution in [0.3, 0.4) is 0 Å². The summed E-state index contributed by atoms with van der Waals surface area (Å²) in [5.74, 6) is -0.304. The summed E-state index contributed by atoms with van der Waals surface area (Å²) in [5.41, 5.74) is 1.56. The lowest BCUT2D eigenvalue weighted by atomic mass is 9.91. The minimum Gasteiger partial charge on any atom is -0.341 e. The number of Topliss-reactive ketones (excluding diaryl/α,β-unsaturated/α-hetero) is 1. The van der Waals surface area contributed by atoms with Gasteiger partial charge in [0.1, 0.15) is 0 Å². The minimum absolute atomic E-state index is 0.145. The highest BCUT2D eigenvalue weighted by Crippen LogP contribution is 2.23. The van der Waals surface area contributed by atoms with Crippen molar-refractivity contribution in [1.29, 1.82) is 0 Å². The smallest absolute Gasteiger partial charge is 0.294 e. The maximum atomic E-state index is 12.4. The Hall–Kier alpha value is -2.95. The summed E-state index contributed by atoms with van der Waals surface area (Å²) in [6.07, 6.45) is 3.02. The van der Waals surface area contributed by atoms with Crippen molar-refractivity contribution >= 4 is 17.6 Å². The maximum absolute atomic E-state index is 12.4. The van der Waals surface area contributed by atoms with E-state index in [1.165, 1.54) is 0 Å². The minimum atomic E-state index is -0.443. The quantitative estimate of drug-likeness (QED) is 0.535. The first kappa shape index (κ1) is 20.8. The fourth-order valence-electron chi connectivity index (χ4n) is 3.75. The van der Waals surface area contributed by atoms with Crippen molar-refractivity contribution < 1.29 is 14.4 Å². The molecule has 0 N–H and O–H groups in total. The van der Waals surface area contributed by atoms with Crippen LogP contribution in [0, 0.1) is 5.92 Å². The molecule has 5 nitrogen and oxygen atoms in total. The van der Waals surface area contributed by atoms with E-state index >= 15 is 0 Å². The highest BCUT2D eigenvalue weighted by molar-refractivity contribution is 6.42. The molecule has 3 rings (SSSR count). The van der Waals surface area contributed by atoms with Crippen LogP contribution < -0.4 is 0 Å². The zero-order chi connectivity index (χ0) is 20.6. The van der Waals surface area contributed by atoms with Crippen LogP contribution in [0.15, 0.2) is 60.7 Å². The molecule has 1 aliphatic heterocycles. The first-order valence-electron chi connectivity index (χ1n) is 10.2. The molecule has 2 amide bonds. The van der Waals surface area contributed by atoms with Crippen molar-refractivity contribution in [2.45, 2.75) is 32.2 Å². The molecule has 0 spiro atoms. The maximum Gasteiger partial charge on any atom is 0.294 e. The summed E-state index contributed by atoms with van der Waals surface area (Å²) in [6, 6.07) is 18.7. The third kappa shape index (κ3) is 5.76. The fourth-order valence-corrected chi connectivity index (χ4v) is 3.75. The summed E-state index contributed by atoms with van der Waals surface area (Å²) in [5, 5.41) is 0. The van der Waals surface area contributed by atoms with Gasteiger partial charge in [-0.05, 0) is 30.7 Å². The Morgan fingerprint density at radius 1 is 0.931 bits per heavy atom. The third-order valence-corrected chi connectivity index (χ3v) is 5.59. The molecule has 1 heterocycles. The first-order valence-corrected chi connectivity index (χ1v) is 10.2. The number of rotatable bonds is 7. The van der Waals surface area contributed by atoms with E-state index < -0.39 is 11.7 Å². The second-order valence-electron chi connectivity index (χ2n) is 7.70. The highest BCUT2D eigenvalue weighted by atomic mass is 16.2. The van der Waals surface area contributed by atoms with Crippen LogP contribution in [0.5, 0.6) is 0 Å². The van der Waals surface area contributed by atoms with Crippen molar-refractivity contribution in [1.82, 2.24) is 9.80 Å². The monoisotopic (exact) mass is 392 g/mol. The molecular weight excluding hydrogens is 364 g/mol. The molecule has 2 aromatic carbocycles. The second-order valence-corrected chi connectivity index (χ2v) is 7.70. The lowest BCUT2D eigenvalue weighted by Crippen LogP contribution is -2.42. The molecule has 0 aliphatic carbocycles. The Morgan fingerprint density at radius 3 is 2.14 bits per heavy atom. The molecule has 152 valence electrons. The van der Waals surface area contributed by atoms with Crippen LogP contribution in [0.4, 0.5) is 0 Å². The van der Waals surface area contributed by atoms with Crippen LogP contribution in [0.1, 0.15) is 41.6 Å². The first-order chi connectivity index (χ1) is 14.0. The zero-order valence-corrected chi connectivity index (χ0v) is 16.9. The van der Waals surface area contributed by atoms with E-state index in [4.69, 9.17) is 0 Å². The van der Waals surface area contributed by atoms with Gasteiger partial charge >= 0.3 is 0 Å². The number of ketones is 1. The van der Waals surface area contributed by atoms with Gasteiger partial charge < -0.3 is 9.80 Å². The van der Waals surface area contributed by atoms with E-state index in [0.29, 0.717) is 37.5 Å². The van der Waals surface area contributed by atoms with E-state index in [-0.39, 0.29) is 5.91 Å². The Balaban J connectivity index is 1.41. The molecule has 0 aromatic heterocycles. The second kappa shape index (κ2) is 10.0. The number of hydrogen-bond donors (Lipinski definition) is 0. The van der Waals surface area contributed by atoms with Crippen molar-refractivity contribution in [3.8, 4) is 0 Å². The Kier molecular flexibility index (Phi) is 7.17. The summed E-state index contributed by atoms with van der Waals surface area (Å²) in [7, 11) is 1.84. The van der Waals surface area contributed by atoms with Gasteiger partial charge in [0.2, 0.25) is 11.7 Å². The van der Waals surface area contributed by atoms with Crippen molar-refractivity contribution in [2.24, 2.45) is 5.92 Å². The SMILES string of the molecule is CN(Cc1ccccc1)C(=O)CCC1CCN(C(=O)C(=O)c2ccccc2)CC1. The van der Waals surface area contributed by atoms with Crippen LogP contribution >= 0.6 is 0 Å². The Morgan fingerprint density at radius 2 is 1.52 bits per heavy atom. The van der Waals surface area contributed by atoms with Gasteiger partial charge in [-0.25, -0.2) is 0 Å². The normalized spacial score (nSPS) is 14.4. The molecule has 1 fully saturated rings. The number of carbonyl (C=O) groups excluding carboxylic acids is 3. The van der Waals surface area contributed by atoms with Gasteiger partial charge in [-0.3, -0.25) is 14.4 Å². The standard InChI is InChI=1S/C24H28N2O3/c1-25(18-20-8-4-2-5-9-20)22(27)13-12-19-14-16-26(17-15-19)24(29)23(28)21-10-6-3-7-11-21/h2-11,19H,12-18H2,1H3. The molecule has 29 heavy (non-hydrogen) atoms. The number of likely N-dealkylation sites (tertiary alicyclic amines) is 1. The van der Waals surface area contributed by atoms with E-state index in [1.807, 2.05) is 43.4 Å². The van der Waals surface area contributed by atoms with Gasteiger partial charge in [-0.15, -0.1) is 0 Å². The molecule has 2 aromatic rings. The largest absolute Gasteiger partial charge is 0.341 e. The van der Waals surface area contributed by atoms with E-state index in [2.05, 4.69) is 0 Å². The van der Waals surface area contributed by atoms with Crippen molar-refractivity contribution in [3.05, 3.63) is 71.8 Å². The van der Waals surface area contributed by atoms with Crippen LogP contribution in [0.2, 0.25) is 0 Å². The average Bonchev–Trinajstić information content (AvgIpc) is 2.78.